The first-order chi connectivity index (χ1) is 6.31. The number of fused-ring (bicyclic) bond motifs is 1. The lowest BCUT2D eigenvalue weighted by atomic mass is 10.2. The van der Waals surface area contributed by atoms with Crippen molar-refractivity contribution in [1.82, 2.24) is 0 Å². The van der Waals surface area contributed by atoms with Gasteiger partial charge in [-0.25, -0.2) is 0 Å². The Hall–Kier alpha value is -1.44. The van der Waals surface area contributed by atoms with Crippen LogP contribution in [0.25, 0.3) is 0 Å². The molecular weight excluding hydrogens is 164 g/mol. The number of para-hydroxylation sites is 2. The van der Waals surface area contributed by atoms with Crippen LogP contribution < -0.4 is 9.47 Å². The van der Waals surface area contributed by atoms with E-state index in [0.29, 0.717) is 5.76 Å². The molecule has 1 heterocycles. The molecule has 0 fully saturated rings. The lowest BCUT2D eigenvalue weighted by Gasteiger charge is -2.26. The van der Waals surface area contributed by atoms with Crippen LogP contribution in [0, 0.1) is 0 Å². The minimum Gasteiger partial charge on any atom is -0.479 e. The highest BCUT2D eigenvalue weighted by atomic mass is 16.6. The van der Waals surface area contributed by atoms with Crippen molar-refractivity contribution in [2.24, 2.45) is 0 Å². The molecule has 0 saturated carbocycles. The van der Waals surface area contributed by atoms with Crippen LogP contribution in [0.2, 0.25) is 0 Å². The summed E-state index contributed by atoms with van der Waals surface area (Å²) < 4.78 is 11.2. The zero-order chi connectivity index (χ0) is 9.26. The summed E-state index contributed by atoms with van der Waals surface area (Å²) in [6.07, 6.45) is 0.877. The predicted molar refractivity (Wildman–Crippen MR) is 50.9 cm³/mol. The van der Waals surface area contributed by atoms with Crippen molar-refractivity contribution in [2.75, 3.05) is 0 Å². The van der Waals surface area contributed by atoms with Crippen molar-refractivity contribution in [3.05, 3.63) is 36.6 Å². The molecule has 0 aliphatic carbocycles. The molecule has 1 aromatic rings. The highest BCUT2D eigenvalue weighted by Crippen LogP contribution is 2.34. The van der Waals surface area contributed by atoms with E-state index in [4.69, 9.17) is 9.47 Å². The summed E-state index contributed by atoms with van der Waals surface area (Å²) in [5.41, 5.74) is 0. The third kappa shape index (κ3) is 1.39. The quantitative estimate of drug-likeness (QED) is 0.655. The summed E-state index contributed by atoms with van der Waals surface area (Å²) in [5.74, 6) is 2.26. The molecule has 0 amide bonds. The Morgan fingerprint density at radius 1 is 1.31 bits per heavy atom. The molecule has 0 N–H and O–H groups in total. The summed E-state index contributed by atoms with van der Waals surface area (Å²) in [7, 11) is 0. The normalized spacial score (nSPS) is 20.1. The number of rotatable bonds is 1. The van der Waals surface area contributed by atoms with E-state index in [-0.39, 0.29) is 6.10 Å². The van der Waals surface area contributed by atoms with Crippen LogP contribution in [-0.2, 0) is 0 Å². The van der Waals surface area contributed by atoms with Gasteiger partial charge < -0.3 is 9.47 Å². The van der Waals surface area contributed by atoms with Gasteiger partial charge in [-0.2, -0.15) is 0 Å². The summed E-state index contributed by atoms with van der Waals surface area (Å²) in [5, 5.41) is 0. The average Bonchev–Trinajstić information content (AvgIpc) is 2.17. The summed E-state index contributed by atoms with van der Waals surface area (Å²) in [4.78, 5) is 0. The van der Waals surface area contributed by atoms with Crippen molar-refractivity contribution in [2.45, 2.75) is 19.4 Å². The molecule has 0 spiro atoms. The number of hydrogen-bond acceptors (Lipinski definition) is 2. The second kappa shape index (κ2) is 3.13. The maximum atomic E-state index is 5.67. The van der Waals surface area contributed by atoms with E-state index in [0.717, 1.165) is 17.9 Å². The van der Waals surface area contributed by atoms with Crippen LogP contribution in [0.15, 0.2) is 36.6 Å². The maximum absolute atomic E-state index is 5.67. The largest absolute Gasteiger partial charge is 0.479 e. The van der Waals surface area contributed by atoms with Gasteiger partial charge in [-0.1, -0.05) is 25.6 Å². The van der Waals surface area contributed by atoms with Crippen molar-refractivity contribution in [1.29, 1.82) is 0 Å². The first-order valence-electron chi connectivity index (χ1n) is 4.43. The zero-order valence-corrected chi connectivity index (χ0v) is 7.62. The predicted octanol–water partition coefficient (Wildman–Crippen LogP) is 2.75. The van der Waals surface area contributed by atoms with Gasteiger partial charge in [0.1, 0.15) is 5.76 Å². The molecule has 13 heavy (non-hydrogen) atoms. The summed E-state index contributed by atoms with van der Waals surface area (Å²) >= 11 is 0. The van der Waals surface area contributed by atoms with E-state index in [1.165, 1.54) is 0 Å². The van der Waals surface area contributed by atoms with Crippen LogP contribution in [0.3, 0.4) is 0 Å². The fourth-order valence-corrected chi connectivity index (χ4v) is 1.37. The van der Waals surface area contributed by atoms with Crippen molar-refractivity contribution in [3.8, 4) is 11.5 Å². The standard InChI is InChI=1S/C11H12O2/c1-3-9-8(2)12-10-6-4-5-7-11(10)13-9/h4-7,9H,2-3H2,1H3. The van der Waals surface area contributed by atoms with E-state index < -0.39 is 0 Å². The molecule has 0 aromatic heterocycles. The van der Waals surface area contributed by atoms with E-state index in [1.807, 2.05) is 31.2 Å². The third-order valence-electron chi connectivity index (χ3n) is 2.09. The van der Waals surface area contributed by atoms with Gasteiger partial charge in [-0.3, -0.25) is 0 Å². The molecule has 1 aliphatic heterocycles. The molecule has 1 aromatic carbocycles. The Balaban J connectivity index is 2.33. The fourth-order valence-electron chi connectivity index (χ4n) is 1.37. The monoisotopic (exact) mass is 176 g/mol. The number of ether oxygens (including phenoxy) is 2. The Morgan fingerprint density at radius 3 is 2.69 bits per heavy atom. The first-order valence-corrected chi connectivity index (χ1v) is 4.43. The Morgan fingerprint density at radius 2 is 2.00 bits per heavy atom. The summed E-state index contributed by atoms with van der Waals surface area (Å²) in [6, 6.07) is 7.64. The molecule has 2 nitrogen and oxygen atoms in total. The van der Waals surface area contributed by atoms with E-state index in [2.05, 4.69) is 6.58 Å². The molecule has 2 heteroatoms. The minimum absolute atomic E-state index is 0.00472. The maximum Gasteiger partial charge on any atom is 0.169 e. The molecule has 1 unspecified atom stereocenters. The molecule has 1 aliphatic rings. The van der Waals surface area contributed by atoms with E-state index in [9.17, 15) is 0 Å². The smallest absolute Gasteiger partial charge is 0.169 e. The lowest BCUT2D eigenvalue weighted by molar-refractivity contribution is 0.145. The van der Waals surface area contributed by atoms with Gasteiger partial charge in [0.05, 0.1) is 0 Å². The Bertz CT molecular complexity index is 331. The van der Waals surface area contributed by atoms with Gasteiger partial charge in [-0.15, -0.1) is 0 Å². The van der Waals surface area contributed by atoms with Crippen molar-refractivity contribution >= 4 is 0 Å². The Labute approximate surface area is 77.8 Å². The molecule has 2 rings (SSSR count). The van der Waals surface area contributed by atoms with Gasteiger partial charge in [0.25, 0.3) is 0 Å². The minimum atomic E-state index is -0.00472. The van der Waals surface area contributed by atoms with Gasteiger partial charge in [0.2, 0.25) is 0 Å². The second-order valence-electron chi connectivity index (χ2n) is 3.03. The van der Waals surface area contributed by atoms with Crippen LogP contribution in [0.5, 0.6) is 11.5 Å². The molecule has 0 bridgehead atoms. The Kier molecular flexibility index (Phi) is 1.97. The number of hydrogen-bond donors (Lipinski definition) is 0. The topological polar surface area (TPSA) is 18.5 Å². The van der Waals surface area contributed by atoms with Gasteiger partial charge in [0.15, 0.2) is 17.6 Å². The van der Waals surface area contributed by atoms with E-state index in [1.54, 1.807) is 0 Å². The number of benzene rings is 1. The van der Waals surface area contributed by atoms with Gasteiger partial charge in [0, 0.05) is 0 Å². The lowest BCUT2D eigenvalue weighted by Crippen LogP contribution is -2.25. The third-order valence-corrected chi connectivity index (χ3v) is 2.09. The first kappa shape index (κ1) is 8.17. The molecule has 0 saturated heterocycles. The molecular formula is C11H12O2. The second-order valence-corrected chi connectivity index (χ2v) is 3.03. The van der Waals surface area contributed by atoms with Gasteiger partial charge in [-0.05, 0) is 18.6 Å². The average molecular weight is 176 g/mol. The van der Waals surface area contributed by atoms with Gasteiger partial charge >= 0.3 is 0 Å². The zero-order valence-electron chi connectivity index (χ0n) is 7.62. The van der Waals surface area contributed by atoms with Crippen molar-refractivity contribution in [3.63, 3.8) is 0 Å². The van der Waals surface area contributed by atoms with Crippen molar-refractivity contribution < 1.29 is 9.47 Å². The van der Waals surface area contributed by atoms with Crippen LogP contribution in [0.4, 0.5) is 0 Å². The highest BCUT2D eigenvalue weighted by molar-refractivity contribution is 5.42. The molecule has 68 valence electrons. The van der Waals surface area contributed by atoms with E-state index >= 15 is 0 Å². The SMILES string of the molecule is C=C1Oc2ccccc2OC1CC. The van der Waals surface area contributed by atoms with Crippen LogP contribution in [0.1, 0.15) is 13.3 Å². The van der Waals surface area contributed by atoms with Crippen LogP contribution in [-0.4, -0.2) is 6.10 Å². The summed E-state index contributed by atoms with van der Waals surface area (Å²) in [6.45, 7) is 5.87. The highest BCUT2D eigenvalue weighted by Gasteiger charge is 2.22. The molecule has 0 radical (unpaired) electrons. The van der Waals surface area contributed by atoms with Crippen LogP contribution >= 0.6 is 0 Å². The fraction of sp³-hybridized carbons (Fsp3) is 0.273. The molecule has 1 atom stereocenters.